The van der Waals surface area contributed by atoms with Crippen LogP contribution in [0.15, 0.2) is 22.8 Å². The van der Waals surface area contributed by atoms with Gasteiger partial charge in [-0.1, -0.05) is 18.6 Å². The highest BCUT2D eigenvalue weighted by Gasteiger charge is 2.56. The molecule has 1 unspecified atom stereocenters. The summed E-state index contributed by atoms with van der Waals surface area (Å²) in [6.45, 7) is 5.51. The molecule has 1 spiro atoms. The largest absolute Gasteiger partial charge is 0.375 e. The molecule has 1 aliphatic heterocycles. The first-order valence-electron chi connectivity index (χ1n) is 10.7. The maximum absolute atomic E-state index is 12.2. The SMILES string of the molecule is COC1CC2=C(CC[C@@H]3C2=CC[C@]2(C)[C@@H](C(C)=O)CC[C@@H]32)CC12OCCO2. The highest BCUT2D eigenvalue weighted by Crippen LogP contribution is 2.62. The molecule has 5 aliphatic rings. The smallest absolute Gasteiger partial charge is 0.198 e. The van der Waals surface area contributed by atoms with Gasteiger partial charge in [-0.15, -0.1) is 0 Å². The molecule has 0 amide bonds. The lowest BCUT2D eigenvalue weighted by Gasteiger charge is -2.49. The number of allylic oxidation sites excluding steroid dienone is 2. The minimum atomic E-state index is -0.558. The maximum atomic E-state index is 12.2. The Morgan fingerprint density at radius 2 is 2.00 bits per heavy atom. The second kappa shape index (κ2) is 6.27. The molecule has 1 heterocycles. The topological polar surface area (TPSA) is 44.8 Å². The third-order valence-electron chi connectivity index (χ3n) is 8.48. The van der Waals surface area contributed by atoms with Crippen molar-refractivity contribution < 1.29 is 19.0 Å². The Morgan fingerprint density at radius 3 is 2.70 bits per heavy atom. The van der Waals surface area contributed by atoms with Crippen LogP contribution >= 0.6 is 0 Å². The third-order valence-corrected chi connectivity index (χ3v) is 8.48. The number of ether oxygens (including phenoxy) is 3. The van der Waals surface area contributed by atoms with Gasteiger partial charge in [0, 0.05) is 25.9 Å². The van der Waals surface area contributed by atoms with Gasteiger partial charge in [-0.3, -0.25) is 4.79 Å². The zero-order valence-corrected chi connectivity index (χ0v) is 16.9. The van der Waals surface area contributed by atoms with Crippen LogP contribution in [0.4, 0.5) is 0 Å². The summed E-state index contributed by atoms with van der Waals surface area (Å²) in [5.74, 6) is 1.34. The van der Waals surface area contributed by atoms with Crippen molar-refractivity contribution in [2.75, 3.05) is 20.3 Å². The van der Waals surface area contributed by atoms with Crippen molar-refractivity contribution in [3.05, 3.63) is 22.8 Å². The Hall–Kier alpha value is -0.970. The van der Waals surface area contributed by atoms with E-state index >= 15 is 0 Å². The van der Waals surface area contributed by atoms with E-state index in [1.165, 1.54) is 24.0 Å². The number of Topliss-reactive ketones (excluding diaryl/α,β-unsaturated/α-hetero) is 1. The summed E-state index contributed by atoms with van der Waals surface area (Å²) in [5.41, 5.74) is 4.78. The zero-order chi connectivity index (χ0) is 18.8. The summed E-state index contributed by atoms with van der Waals surface area (Å²) in [4.78, 5) is 12.2. The molecule has 0 aromatic carbocycles. The van der Waals surface area contributed by atoms with E-state index in [4.69, 9.17) is 14.2 Å². The second-order valence-electron chi connectivity index (χ2n) is 9.56. The number of methoxy groups -OCH3 is 1. The molecule has 27 heavy (non-hydrogen) atoms. The Kier molecular flexibility index (Phi) is 4.20. The van der Waals surface area contributed by atoms with E-state index in [0.29, 0.717) is 30.8 Å². The van der Waals surface area contributed by atoms with Gasteiger partial charge in [-0.2, -0.15) is 0 Å². The highest BCUT2D eigenvalue weighted by atomic mass is 16.8. The van der Waals surface area contributed by atoms with Crippen LogP contribution in [0.25, 0.3) is 0 Å². The monoisotopic (exact) mass is 372 g/mol. The van der Waals surface area contributed by atoms with Gasteiger partial charge in [-0.05, 0) is 67.4 Å². The van der Waals surface area contributed by atoms with E-state index in [1.807, 2.05) is 0 Å². The van der Waals surface area contributed by atoms with Crippen LogP contribution in [-0.2, 0) is 19.0 Å². The molecule has 1 saturated heterocycles. The van der Waals surface area contributed by atoms with Gasteiger partial charge in [0.1, 0.15) is 11.9 Å². The molecule has 0 aromatic rings. The van der Waals surface area contributed by atoms with Gasteiger partial charge >= 0.3 is 0 Å². The van der Waals surface area contributed by atoms with Crippen molar-refractivity contribution in [1.29, 1.82) is 0 Å². The standard InChI is InChI=1S/C23H32O4/c1-14(24)19-6-7-20-17-5-4-15-13-23(26-10-11-27-23)21(25-3)12-18(15)16(17)8-9-22(19,20)2/h8,17,19-21H,4-7,9-13H2,1-3H3/t17-,19-,20+,21?,22-/m1/s1. The van der Waals surface area contributed by atoms with Crippen LogP contribution in [0, 0.1) is 23.2 Å². The maximum Gasteiger partial charge on any atom is 0.198 e. The van der Waals surface area contributed by atoms with Crippen molar-refractivity contribution in [3.8, 4) is 0 Å². The van der Waals surface area contributed by atoms with E-state index < -0.39 is 5.79 Å². The van der Waals surface area contributed by atoms with Crippen molar-refractivity contribution >= 4 is 5.78 Å². The van der Waals surface area contributed by atoms with Crippen molar-refractivity contribution in [2.45, 2.75) is 70.7 Å². The molecule has 1 saturated carbocycles. The molecule has 4 aliphatic carbocycles. The van der Waals surface area contributed by atoms with Crippen molar-refractivity contribution in [1.82, 2.24) is 0 Å². The lowest BCUT2D eigenvalue weighted by molar-refractivity contribution is -0.230. The van der Waals surface area contributed by atoms with Gasteiger partial charge in [0.2, 0.25) is 0 Å². The van der Waals surface area contributed by atoms with Crippen LogP contribution < -0.4 is 0 Å². The predicted octanol–water partition coefficient (Wildman–Crippen LogP) is 4.20. The van der Waals surface area contributed by atoms with Gasteiger partial charge < -0.3 is 14.2 Å². The molecular weight excluding hydrogens is 340 g/mol. The summed E-state index contributed by atoms with van der Waals surface area (Å²) in [6, 6.07) is 0. The van der Waals surface area contributed by atoms with E-state index in [1.54, 1.807) is 19.6 Å². The summed E-state index contributed by atoms with van der Waals surface area (Å²) >= 11 is 0. The normalized spacial score (nSPS) is 42.6. The van der Waals surface area contributed by atoms with Crippen LogP contribution in [0.1, 0.15) is 58.8 Å². The van der Waals surface area contributed by atoms with E-state index in [9.17, 15) is 4.79 Å². The molecule has 148 valence electrons. The molecule has 2 fully saturated rings. The zero-order valence-electron chi connectivity index (χ0n) is 16.9. The van der Waals surface area contributed by atoms with E-state index in [0.717, 1.165) is 32.1 Å². The number of carbonyl (C=O) groups excluding carboxylic acids is 1. The number of carbonyl (C=O) groups is 1. The summed E-state index contributed by atoms with van der Waals surface area (Å²) in [7, 11) is 1.78. The van der Waals surface area contributed by atoms with E-state index in [-0.39, 0.29) is 17.4 Å². The summed E-state index contributed by atoms with van der Waals surface area (Å²) in [6.07, 6.45) is 9.87. The number of ketones is 1. The van der Waals surface area contributed by atoms with Crippen molar-refractivity contribution in [2.24, 2.45) is 23.2 Å². The summed E-state index contributed by atoms with van der Waals surface area (Å²) < 4.78 is 18.0. The third kappa shape index (κ3) is 2.49. The number of hydrogen-bond acceptors (Lipinski definition) is 4. The average Bonchev–Trinajstić information content (AvgIpc) is 3.25. The minimum Gasteiger partial charge on any atom is -0.375 e. The Bertz CT molecular complexity index is 714. The summed E-state index contributed by atoms with van der Waals surface area (Å²) in [5, 5.41) is 0. The van der Waals surface area contributed by atoms with Crippen LogP contribution in [-0.4, -0.2) is 38.0 Å². The molecule has 5 atom stereocenters. The first kappa shape index (κ1) is 18.1. The molecular formula is C23H32O4. The number of hydrogen-bond donors (Lipinski definition) is 0. The van der Waals surface area contributed by atoms with Gasteiger partial charge in [-0.25, -0.2) is 0 Å². The second-order valence-corrected chi connectivity index (χ2v) is 9.56. The van der Waals surface area contributed by atoms with Gasteiger partial charge in [0.15, 0.2) is 5.79 Å². The molecule has 0 bridgehead atoms. The number of rotatable bonds is 2. The van der Waals surface area contributed by atoms with Crippen LogP contribution in [0.2, 0.25) is 0 Å². The van der Waals surface area contributed by atoms with Crippen LogP contribution in [0.5, 0.6) is 0 Å². The predicted molar refractivity (Wildman–Crippen MR) is 102 cm³/mol. The Morgan fingerprint density at radius 1 is 1.22 bits per heavy atom. The lowest BCUT2D eigenvalue weighted by atomic mass is 9.56. The Labute approximate surface area is 162 Å². The molecule has 0 N–H and O–H groups in total. The number of fused-ring (bicyclic) bond motifs is 4. The molecule has 4 heteroatoms. The highest BCUT2D eigenvalue weighted by molar-refractivity contribution is 5.79. The first-order valence-corrected chi connectivity index (χ1v) is 10.7. The molecule has 4 nitrogen and oxygen atoms in total. The fourth-order valence-corrected chi connectivity index (χ4v) is 7.20. The molecule has 5 rings (SSSR count). The van der Waals surface area contributed by atoms with Gasteiger partial charge in [0.25, 0.3) is 0 Å². The first-order chi connectivity index (χ1) is 13.0. The fourth-order valence-electron chi connectivity index (χ4n) is 7.20. The van der Waals surface area contributed by atoms with E-state index in [2.05, 4.69) is 13.0 Å². The fraction of sp³-hybridized carbons (Fsp3) is 0.783. The molecule has 0 radical (unpaired) electrons. The average molecular weight is 373 g/mol. The van der Waals surface area contributed by atoms with Gasteiger partial charge in [0.05, 0.1) is 13.2 Å². The van der Waals surface area contributed by atoms with Crippen LogP contribution in [0.3, 0.4) is 0 Å². The minimum absolute atomic E-state index is 0.0275. The Balaban J connectivity index is 1.49. The molecule has 0 aromatic heterocycles. The lowest BCUT2D eigenvalue weighted by Crippen LogP contribution is -2.49. The van der Waals surface area contributed by atoms with Crippen molar-refractivity contribution in [3.63, 3.8) is 0 Å². The quantitative estimate of drug-likeness (QED) is 0.729.